The number of para-hydroxylation sites is 1. The van der Waals surface area contributed by atoms with E-state index in [1.54, 1.807) is 0 Å². The highest BCUT2D eigenvalue weighted by molar-refractivity contribution is 9.10. The third kappa shape index (κ3) is 3.28. The van der Waals surface area contributed by atoms with Gasteiger partial charge in [0.15, 0.2) is 0 Å². The molecule has 0 N–H and O–H groups in total. The molecular weight excluding hydrogens is 364 g/mol. The molecular formula is C17H16BrClN2O. The molecule has 1 saturated heterocycles. The Bertz CT molecular complexity index is 667. The first-order chi connectivity index (χ1) is 10.6. The number of nitrogens with zero attached hydrogens (tertiary/aromatic N) is 2. The van der Waals surface area contributed by atoms with E-state index in [1.807, 2.05) is 53.4 Å². The predicted octanol–water partition coefficient (Wildman–Crippen LogP) is 4.06. The molecule has 1 heterocycles. The molecule has 2 aromatic carbocycles. The van der Waals surface area contributed by atoms with Crippen LogP contribution in [0.1, 0.15) is 10.4 Å². The monoisotopic (exact) mass is 378 g/mol. The van der Waals surface area contributed by atoms with Gasteiger partial charge in [0.2, 0.25) is 0 Å². The largest absolute Gasteiger partial charge is 0.367 e. The molecule has 3 rings (SSSR count). The normalized spacial score (nSPS) is 15.0. The highest BCUT2D eigenvalue weighted by atomic mass is 79.9. The van der Waals surface area contributed by atoms with Crippen LogP contribution in [-0.2, 0) is 0 Å². The molecule has 0 aromatic heterocycles. The first kappa shape index (κ1) is 15.4. The van der Waals surface area contributed by atoms with Gasteiger partial charge in [0.05, 0.1) is 10.7 Å². The van der Waals surface area contributed by atoms with Crippen molar-refractivity contribution in [2.24, 2.45) is 0 Å². The van der Waals surface area contributed by atoms with Gasteiger partial charge in [-0.05, 0) is 36.4 Å². The van der Waals surface area contributed by atoms with Crippen molar-refractivity contribution in [1.29, 1.82) is 0 Å². The van der Waals surface area contributed by atoms with Crippen molar-refractivity contribution < 1.29 is 4.79 Å². The molecule has 0 bridgehead atoms. The van der Waals surface area contributed by atoms with Crippen LogP contribution in [-0.4, -0.2) is 37.0 Å². The number of benzene rings is 2. The number of halogens is 2. The Morgan fingerprint density at radius 3 is 2.23 bits per heavy atom. The lowest BCUT2D eigenvalue weighted by Crippen LogP contribution is -2.48. The summed E-state index contributed by atoms with van der Waals surface area (Å²) in [5, 5.41) is 0.759. The van der Waals surface area contributed by atoms with Crippen molar-refractivity contribution in [3.05, 3.63) is 63.6 Å². The fourth-order valence-electron chi connectivity index (χ4n) is 2.63. The number of carbonyl (C=O) groups excluding carboxylic acids is 1. The van der Waals surface area contributed by atoms with E-state index >= 15 is 0 Å². The summed E-state index contributed by atoms with van der Waals surface area (Å²) in [6.45, 7) is 3.01. The second-order valence-electron chi connectivity index (χ2n) is 5.24. The number of carbonyl (C=O) groups is 1. The molecule has 114 valence electrons. The third-order valence-corrected chi connectivity index (χ3v) is 4.70. The summed E-state index contributed by atoms with van der Waals surface area (Å²) in [6, 6.07) is 15.3. The van der Waals surface area contributed by atoms with Crippen LogP contribution < -0.4 is 4.90 Å². The number of piperazine rings is 1. The predicted molar refractivity (Wildman–Crippen MR) is 93.7 cm³/mol. The molecule has 0 spiro atoms. The highest BCUT2D eigenvalue weighted by Gasteiger charge is 2.23. The van der Waals surface area contributed by atoms with Gasteiger partial charge in [-0.1, -0.05) is 39.7 Å². The van der Waals surface area contributed by atoms with Crippen LogP contribution >= 0.6 is 27.5 Å². The first-order valence-electron chi connectivity index (χ1n) is 7.19. The zero-order chi connectivity index (χ0) is 15.5. The van der Waals surface area contributed by atoms with Crippen LogP contribution in [0, 0.1) is 0 Å². The van der Waals surface area contributed by atoms with E-state index in [9.17, 15) is 4.79 Å². The molecule has 0 aliphatic carbocycles. The lowest BCUT2D eigenvalue weighted by molar-refractivity contribution is 0.0747. The average Bonchev–Trinajstić information content (AvgIpc) is 2.56. The maximum atomic E-state index is 12.5. The third-order valence-electron chi connectivity index (χ3n) is 3.85. The molecule has 1 fully saturated rings. The molecule has 0 saturated carbocycles. The SMILES string of the molecule is O=C(c1ccc(Br)cc1)N1CCN(c2ccccc2Cl)CC1. The number of rotatable bonds is 2. The van der Waals surface area contributed by atoms with E-state index in [0.29, 0.717) is 13.1 Å². The van der Waals surface area contributed by atoms with E-state index in [4.69, 9.17) is 11.6 Å². The Morgan fingerprint density at radius 2 is 1.59 bits per heavy atom. The molecule has 22 heavy (non-hydrogen) atoms. The molecule has 5 heteroatoms. The number of anilines is 1. The molecule has 0 radical (unpaired) electrons. The van der Waals surface area contributed by atoms with Crippen molar-refractivity contribution >= 4 is 39.1 Å². The molecule has 3 nitrogen and oxygen atoms in total. The standard InChI is InChI=1S/C17H16BrClN2O/c18-14-7-5-13(6-8-14)17(22)21-11-9-20(10-12-21)16-4-2-1-3-15(16)19/h1-8H,9-12H2. The zero-order valence-corrected chi connectivity index (χ0v) is 14.3. The fourth-order valence-corrected chi connectivity index (χ4v) is 3.15. The van der Waals surface area contributed by atoms with E-state index in [-0.39, 0.29) is 5.91 Å². The van der Waals surface area contributed by atoms with Crippen LogP contribution in [0.3, 0.4) is 0 Å². The zero-order valence-electron chi connectivity index (χ0n) is 12.0. The van der Waals surface area contributed by atoms with Gasteiger partial charge in [-0.25, -0.2) is 0 Å². The van der Waals surface area contributed by atoms with Crippen LogP contribution in [0.2, 0.25) is 5.02 Å². The fraction of sp³-hybridized carbons (Fsp3) is 0.235. The smallest absolute Gasteiger partial charge is 0.253 e. The number of hydrogen-bond acceptors (Lipinski definition) is 2. The van der Waals surface area contributed by atoms with Gasteiger partial charge in [0, 0.05) is 36.2 Å². The van der Waals surface area contributed by atoms with E-state index in [1.165, 1.54) is 0 Å². The van der Waals surface area contributed by atoms with E-state index < -0.39 is 0 Å². The summed E-state index contributed by atoms with van der Waals surface area (Å²) >= 11 is 9.63. The van der Waals surface area contributed by atoms with Crippen LogP contribution in [0.25, 0.3) is 0 Å². The van der Waals surface area contributed by atoms with Gasteiger partial charge < -0.3 is 9.80 Å². The Morgan fingerprint density at radius 1 is 0.955 bits per heavy atom. The number of hydrogen-bond donors (Lipinski definition) is 0. The lowest BCUT2D eigenvalue weighted by Gasteiger charge is -2.36. The maximum absolute atomic E-state index is 12.5. The lowest BCUT2D eigenvalue weighted by atomic mass is 10.1. The molecule has 2 aromatic rings. The summed E-state index contributed by atoms with van der Waals surface area (Å²) in [7, 11) is 0. The molecule has 0 unspecified atom stereocenters. The Balaban J connectivity index is 1.65. The summed E-state index contributed by atoms with van der Waals surface area (Å²) in [4.78, 5) is 16.6. The minimum absolute atomic E-state index is 0.0892. The van der Waals surface area contributed by atoms with Crippen molar-refractivity contribution in [3.63, 3.8) is 0 Å². The van der Waals surface area contributed by atoms with E-state index in [2.05, 4.69) is 20.8 Å². The maximum Gasteiger partial charge on any atom is 0.253 e. The molecule has 1 aliphatic heterocycles. The Kier molecular flexibility index (Phi) is 4.69. The summed E-state index contributed by atoms with van der Waals surface area (Å²) in [5.41, 5.74) is 1.77. The number of amides is 1. The van der Waals surface area contributed by atoms with E-state index in [0.717, 1.165) is 33.8 Å². The van der Waals surface area contributed by atoms with Gasteiger partial charge in [0.25, 0.3) is 5.91 Å². The Labute approximate surface area is 143 Å². The second-order valence-corrected chi connectivity index (χ2v) is 6.56. The van der Waals surface area contributed by atoms with Crippen LogP contribution in [0.5, 0.6) is 0 Å². The minimum Gasteiger partial charge on any atom is -0.367 e. The van der Waals surface area contributed by atoms with Gasteiger partial charge in [-0.15, -0.1) is 0 Å². The molecule has 1 aliphatic rings. The quantitative estimate of drug-likeness (QED) is 0.785. The van der Waals surface area contributed by atoms with Crippen LogP contribution in [0.15, 0.2) is 53.0 Å². The molecule has 1 amide bonds. The van der Waals surface area contributed by atoms with Crippen molar-refractivity contribution in [2.75, 3.05) is 31.1 Å². The summed E-state index contributed by atoms with van der Waals surface area (Å²) in [5.74, 6) is 0.0892. The van der Waals surface area contributed by atoms with Crippen LogP contribution in [0.4, 0.5) is 5.69 Å². The van der Waals surface area contributed by atoms with Crippen molar-refractivity contribution in [1.82, 2.24) is 4.90 Å². The van der Waals surface area contributed by atoms with Gasteiger partial charge in [-0.3, -0.25) is 4.79 Å². The Hall–Kier alpha value is -1.52. The van der Waals surface area contributed by atoms with Crippen molar-refractivity contribution in [3.8, 4) is 0 Å². The van der Waals surface area contributed by atoms with Gasteiger partial charge >= 0.3 is 0 Å². The summed E-state index contributed by atoms with van der Waals surface area (Å²) in [6.07, 6.45) is 0. The average molecular weight is 380 g/mol. The topological polar surface area (TPSA) is 23.6 Å². The van der Waals surface area contributed by atoms with Gasteiger partial charge in [0.1, 0.15) is 0 Å². The van der Waals surface area contributed by atoms with Gasteiger partial charge in [-0.2, -0.15) is 0 Å². The molecule has 0 atom stereocenters. The first-order valence-corrected chi connectivity index (χ1v) is 8.36. The highest BCUT2D eigenvalue weighted by Crippen LogP contribution is 2.26. The van der Waals surface area contributed by atoms with Crippen molar-refractivity contribution in [2.45, 2.75) is 0 Å². The minimum atomic E-state index is 0.0892. The second kappa shape index (κ2) is 6.71. The summed E-state index contributed by atoms with van der Waals surface area (Å²) < 4.78 is 0.979.